The number of nitrogens with one attached hydrogen (secondary N) is 1. The summed E-state index contributed by atoms with van der Waals surface area (Å²) in [5, 5.41) is 8.38. The molecule has 0 spiro atoms. The average molecular weight is 431 g/mol. The molecular formula is C24H26N6O2. The number of carbonyl (C=O) groups is 1. The number of hydrogen-bond acceptors (Lipinski definition) is 5. The van der Waals surface area contributed by atoms with Gasteiger partial charge in [0.15, 0.2) is 0 Å². The smallest absolute Gasteiger partial charge is 0.270 e. The third-order valence-corrected chi connectivity index (χ3v) is 5.93. The van der Waals surface area contributed by atoms with Gasteiger partial charge in [-0.3, -0.25) is 14.5 Å². The molecule has 1 saturated heterocycles. The molecule has 0 unspecified atom stereocenters. The van der Waals surface area contributed by atoms with Gasteiger partial charge in [-0.25, -0.2) is 4.98 Å². The maximum atomic E-state index is 13.0. The highest BCUT2D eigenvalue weighted by atomic mass is 16.5. The van der Waals surface area contributed by atoms with Crippen molar-refractivity contribution in [1.29, 1.82) is 0 Å². The number of aryl methyl sites for hydroxylation is 2. The zero-order valence-corrected chi connectivity index (χ0v) is 18.3. The van der Waals surface area contributed by atoms with Crippen molar-refractivity contribution in [3.05, 3.63) is 65.9 Å². The Bertz CT molecular complexity index is 1250. The lowest BCUT2D eigenvalue weighted by molar-refractivity contribution is 0.0694. The first-order chi connectivity index (χ1) is 15.6. The number of ether oxygens (including phenoxy) is 1. The fourth-order valence-corrected chi connectivity index (χ4v) is 4.14. The maximum absolute atomic E-state index is 13.0. The third-order valence-electron chi connectivity index (χ3n) is 5.93. The number of carbonyl (C=O) groups excluding carboxylic acids is 1. The summed E-state index contributed by atoms with van der Waals surface area (Å²) in [6.07, 6.45) is 9.95. The summed E-state index contributed by atoms with van der Waals surface area (Å²) in [5.41, 5.74) is 5.26. The van der Waals surface area contributed by atoms with Crippen molar-refractivity contribution in [2.45, 2.75) is 25.3 Å². The van der Waals surface area contributed by atoms with Crippen molar-refractivity contribution in [3.63, 3.8) is 0 Å². The minimum absolute atomic E-state index is 0.133. The Morgan fingerprint density at radius 1 is 1.19 bits per heavy atom. The number of aromatic nitrogens is 5. The van der Waals surface area contributed by atoms with Crippen LogP contribution < -0.4 is 5.32 Å². The van der Waals surface area contributed by atoms with Crippen molar-refractivity contribution < 1.29 is 9.53 Å². The van der Waals surface area contributed by atoms with Gasteiger partial charge in [0.1, 0.15) is 11.3 Å². The summed E-state index contributed by atoms with van der Waals surface area (Å²) in [5.74, 6) is -0.133. The Morgan fingerprint density at radius 3 is 2.75 bits per heavy atom. The van der Waals surface area contributed by atoms with Crippen LogP contribution in [0.4, 0.5) is 0 Å². The fraction of sp³-hybridized carbons (Fsp3) is 0.333. The molecule has 0 bridgehead atoms. The fourth-order valence-electron chi connectivity index (χ4n) is 4.14. The van der Waals surface area contributed by atoms with Gasteiger partial charge in [0.05, 0.1) is 11.9 Å². The standard InChI is InChI=1S/C24H26N6O2/c1-29-8-5-20-17(11-16-3-4-21(25-13-16)18-14-26-30(2)15-18)12-22(28-23(20)29)24(31)27-19-6-9-32-10-7-19/h3-5,8,12-15,19H,6-7,9-11H2,1-2H3,(H,27,31). The summed E-state index contributed by atoms with van der Waals surface area (Å²) in [7, 11) is 3.84. The van der Waals surface area contributed by atoms with Crippen molar-refractivity contribution in [2.75, 3.05) is 13.2 Å². The summed E-state index contributed by atoms with van der Waals surface area (Å²) in [6.45, 7) is 1.37. The van der Waals surface area contributed by atoms with Gasteiger partial charge in [0, 0.05) is 62.9 Å². The van der Waals surface area contributed by atoms with E-state index in [0.29, 0.717) is 25.3 Å². The second-order valence-electron chi connectivity index (χ2n) is 8.32. The molecule has 5 heterocycles. The van der Waals surface area contributed by atoms with Crippen LogP contribution in [0, 0.1) is 0 Å². The van der Waals surface area contributed by atoms with Crippen LogP contribution in [0.3, 0.4) is 0 Å². The summed E-state index contributed by atoms with van der Waals surface area (Å²) < 4.78 is 9.11. The summed E-state index contributed by atoms with van der Waals surface area (Å²) in [6, 6.07) is 8.18. The lowest BCUT2D eigenvalue weighted by atomic mass is 10.0. The van der Waals surface area contributed by atoms with Crippen LogP contribution in [-0.4, -0.2) is 49.5 Å². The van der Waals surface area contributed by atoms with Crippen LogP contribution in [0.15, 0.2) is 49.1 Å². The highest BCUT2D eigenvalue weighted by Crippen LogP contribution is 2.23. The first-order valence-corrected chi connectivity index (χ1v) is 10.8. The molecule has 0 aliphatic carbocycles. The lowest BCUT2D eigenvalue weighted by Crippen LogP contribution is -2.39. The summed E-state index contributed by atoms with van der Waals surface area (Å²) >= 11 is 0. The zero-order chi connectivity index (χ0) is 22.1. The molecule has 1 amide bonds. The molecule has 1 fully saturated rings. The number of nitrogens with zero attached hydrogens (tertiary/aromatic N) is 5. The second-order valence-corrected chi connectivity index (χ2v) is 8.32. The van der Waals surface area contributed by atoms with Crippen molar-refractivity contribution in [2.24, 2.45) is 14.1 Å². The van der Waals surface area contributed by atoms with Gasteiger partial charge in [0.25, 0.3) is 5.91 Å². The molecule has 0 saturated carbocycles. The molecule has 1 aliphatic rings. The molecule has 5 rings (SSSR count). The van der Waals surface area contributed by atoms with Gasteiger partial charge >= 0.3 is 0 Å². The number of pyridine rings is 2. The molecule has 1 aliphatic heterocycles. The van der Waals surface area contributed by atoms with Crippen molar-refractivity contribution >= 4 is 16.9 Å². The Balaban J connectivity index is 1.42. The quantitative estimate of drug-likeness (QED) is 0.526. The van der Waals surface area contributed by atoms with Crippen LogP contribution in [-0.2, 0) is 25.3 Å². The van der Waals surface area contributed by atoms with E-state index in [9.17, 15) is 4.79 Å². The van der Waals surface area contributed by atoms with E-state index in [1.54, 1.807) is 4.68 Å². The highest BCUT2D eigenvalue weighted by Gasteiger charge is 2.20. The van der Waals surface area contributed by atoms with E-state index >= 15 is 0 Å². The number of hydrogen-bond donors (Lipinski definition) is 1. The van der Waals surface area contributed by atoms with Gasteiger partial charge in [-0.15, -0.1) is 0 Å². The van der Waals surface area contributed by atoms with Crippen LogP contribution in [0.5, 0.6) is 0 Å². The summed E-state index contributed by atoms with van der Waals surface area (Å²) in [4.78, 5) is 22.2. The molecule has 0 aromatic carbocycles. The largest absolute Gasteiger partial charge is 0.381 e. The van der Waals surface area contributed by atoms with Crippen molar-refractivity contribution in [1.82, 2.24) is 29.6 Å². The van der Waals surface area contributed by atoms with Gasteiger partial charge in [-0.05, 0) is 48.6 Å². The monoisotopic (exact) mass is 430 g/mol. The van der Waals surface area contributed by atoms with Crippen LogP contribution >= 0.6 is 0 Å². The molecular weight excluding hydrogens is 404 g/mol. The van der Waals surface area contributed by atoms with Gasteiger partial charge in [-0.2, -0.15) is 5.10 Å². The van der Waals surface area contributed by atoms with E-state index in [4.69, 9.17) is 4.74 Å². The normalized spacial score (nSPS) is 14.7. The van der Waals surface area contributed by atoms with E-state index in [1.807, 2.05) is 55.6 Å². The van der Waals surface area contributed by atoms with E-state index < -0.39 is 0 Å². The Labute approximate surface area is 186 Å². The predicted molar refractivity (Wildman–Crippen MR) is 121 cm³/mol. The maximum Gasteiger partial charge on any atom is 0.270 e. The third kappa shape index (κ3) is 4.13. The average Bonchev–Trinajstić information content (AvgIpc) is 3.41. The van der Waals surface area contributed by atoms with Gasteiger partial charge in [-0.1, -0.05) is 6.07 Å². The minimum atomic E-state index is -0.133. The molecule has 8 nitrogen and oxygen atoms in total. The van der Waals surface area contributed by atoms with E-state index in [2.05, 4.69) is 32.5 Å². The van der Waals surface area contributed by atoms with E-state index in [1.165, 1.54) is 0 Å². The number of amides is 1. The molecule has 32 heavy (non-hydrogen) atoms. The molecule has 4 aromatic heterocycles. The molecule has 0 atom stereocenters. The van der Waals surface area contributed by atoms with E-state index in [-0.39, 0.29) is 11.9 Å². The first-order valence-electron chi connectivity index (χ1n) is 10.8. The number of fused-ring (bicyclic) bond motifs is 1. The molecule has 1 N–H and O–H groups in total. The minimum Gasteiger partial charge on any atom is -0.381 e. The molecule has 8 heteroatoms. The predicted octanol–water partition coefficient (Wildman–Crippen LogP) is 2.87. The van der Waals surface area contributed by atoms with Crippen LogP contribution in [0.1, 0.15) is 34.5 Å². The first kappa shape index (κ1) is 20.4. The lowest BCUT2D eigenvalue weighted by Gasteiger charge is -2.23. The van der Waals surface area contributed by atoms with E-state index in [0.717, 1.165) is 46.3 Å². The Hall–Kier alpha value is -3.52. The number of rotatable bonds is 5. The second kappa shape index (κ2) is 8.55. The van der Waals surface area contributed by atoms with Crippen molar-refractivity contribution in [3.8, 4) is 11.3 Å². The molecule has 4 aromatic rings. The Morgan fingerprint density at radius 2 is 2.03 bits per heavy atom. The molecule has 0 radical (unpaired) electrons. The van der Waals surface area contributed by atoms with Gasteiger partial charge in [0.2, 0.25) is 0 Å². The van der Waals surface area contributed by atoms with Crippen LogP contribution in [0.2, 0.25) is 0 Å². The topological polar surface area (TPSA) is 86.9 Å². The SMILES string of the molecule is Cn1cc(-c2ccc(Cc3cc(C(=O)NC4CCOCC4)nc4c3ccn4C)cn2)cn1. The zero-order valence-electron chi connectivity index (χ0n) is 18.3. The Kier molecular flexibility index (Phi) is 5.45. The highest BCUT2D eigenvalue weighted by molar-refractivity contribution is 5.95. The van der Waals surface area contributed by atoms with Gasteiger partial charge < -0.3 is 14.6 Å². The molecule has 164 valence electrons. The van der Waals surface area contributed by atoms with Crippen LogP contribution in [0.25, 0.3) is 22.3 Å².